The minimum Gasteiger partial charge on any atom is -0.311 e. The van der Waals surface area contributed by atoms with Gasteiger partial charge in [-0.1, -0.05) is 12.8 Å². The summed E-state index contributed by atoms with van der Waals surface area (Å²) in [5.74, 6) is 0. The first-order valence-electron chi connectivity index (χ1n) is 7.52. The SMILES string of the molecule is CN1CCC(N2CCNC3CCCCC32)CC1. The maximum absolute atomic E-state index is 3.75. The molecule has 0 aromatic heterocycles. The van der Waals surface area contributed by atoms with Crippen molar-refractivity contribution in [2.24, 2.45) is 0 Å². The lowest BCUT2D eigenvalue weighted by Gasteiger charge is -2.49. The van der Waals surface area contributed by atoms with Gasteiger partial charge in [0.05, 0.1) is 0 Å². The summed E-state index contributed by atoms with van der Waals surface area (Å²) in [5.41, 5.74) is 0. The molecule has 0 bridgehead atoms. The van der Waals surface area contributed by atoms with Gasteiger partial charge in [0.15, 0.2) is 0 Å². The zero-order chi connectivity index (χ0) is 11.7. The van der Waals surface area contributed by atoms with Gasteiger partial charge in [0.1, 0.15) is 0 Å². The molecule has 3 heteroatoms. The van der Waals surface area contributed by atoms with E-state index in [-0.39, 0.29) is 0 Å². The lowest BCUT2D eigenvalue weighted by molar-refractivity contribution is 0.0239. The van der Waals surface area contributed by atoms with E-state index >= 15 is 0 Å². The second-order valence-electron chi connectivity index (χ2n) is 6.18. The van der Waals surface area contributed by atoms with Gasteiger partial charge in [0.25, 0.3) is 0 Å². The molecule has 17 heavy (non-hydrogen) atoms. The van der Waals surface area contributed by atoms with Crippen molar-refractivity contribution in [1.29, 1.82) is 0 Å². The summed E-state index contributed by atoms with van der Waals surface area (Å²) in [6.07, 6.45) is 8.51. The summed E-state index contributed by atoms with van der Waals surface area (Å²) in [4.78, 5) is 5.35. The third kappa shape index (κ3) is 2.51. The van der Waals surface area contributed by atoms with Crippen LogP contribution in [-0.4, -0.2) is 61.2 Å². The molecule has 3 rings (SSSR count). The summed E-state index contributed by atoms with van der Waals surface area (Å²) in [6, 6.07) is 2.53. The van der Waals surface area contributed by atoms with Crippen LogP contribution in [0.2, 0.25) is 0 Å². The number of rotatable bonds is 1. The van der Waals surface area contributed by atoms with Crippen LogP contribution in [0.15, 0.2) is 0 Å². The Morgan fingerprint density at radius 3 is 2.53 bits per heavy atom. The number of likely N-dealkylation sites (tertiary alicyclic amines) is 1. The van der Waals surface area contributed by atoms with E-state index < -0.39 is 0 Å². The van der Waals surface area contributed by atoms with Gasteiger partial charge in [-0.3, -0.25) is 4.90 Å². The van der Waals surface area contributed by atoms with Gasteiger partial charge in [0, 0.05) is 31.2 Å². The quantitative estimate of drug-likeness (QED) is 0.741. The summed E-state index contributed by atoms with van der Waals surface area (Å²) < 4.78 is 0. The van der Waals surface area contributed by atoms with Crippen molar-refractivity contribution >= 4 is 0 Å². The minimum absolute atomic E-state index is 0.803. The highest BCUT2D eigenvalue weighted by molar-refractivity contribution is 4.95. The largest absolute Gasteiger partial charge is 0.311 e. The summed E-state index contributed by atoms with van der Waals surface area (Å²) in [6.45, 7) is 5.10. The standard InChI is InChI=1S/C14H27N3/c1-16-9-6-12(7-10-16)17-11-8-15-13-4-2-3-5-14(13)17/h12-15H,2-11H2,1H3. The molecular weight excluding hydrogens is 210 g/mol. The van der Waals surface area contributed by atoms with Crippen LogP contribution in [-0.2, 0) is 0 Å². The fourth-order valence-electron chi connectivity index (χ4n) is 4.07. The highest BCUT2D eigenvalue weighted by atomic mass is 15.3. The van der Waals surface area contributed by atoms with Crippen LogP contribution in [0.1, 0.15) is 38.5 Å². The maximum Gasteiger partial charge on any atom is 0.0252 e. The molecule has 0 radical (unpaired) electrons. The highest BCUT2D eigenvalue weighted by Crippen LogP contribution is 2.29. The molecule has 0 spiro atoms. The lowest BCUT2D eigenvalue weighted by atomic mass is 9.85. The molecule has 98 valence electrons. The van der Waals surface area contributed by atoms with Crippen molar-refractivity contribution in [3.05, 3.63) is 0 Å². The topological polar surface area (TPSA) is 18.5 Å². The van der Waals surface area contributed by atoms with Crippen molar-refractivity contribution in [2.45, 2.75) is 56.7 Å². The number of fused-ring (bicyclic) bond motifs is 1. The highest BCUT2D eigenvalue weighted by Gasteiger charge is 2.37. The molecule has 0 aromatic carbocycles. The van der Waals surface area contributed by atoms with Crippen LogP contribution in [0, 0.1) is 0 Å². The molecule has 2 atom stereocenters. The predicted octanol–water partition coefficient (Wildman–Crippen LogP) is 1.30. The molecular formula is C14H27N3. The first kappa shape index (κ1) is 11.9. The number of nitrogens with one attached hydrogen (secondary N) is 1. The van der Waals surface area contributed by atoms with Gasteiger partial charge in [0.2, 0.25) is 0 Å². The lowest BCUT2D eigenvalue weighted by Crippen LogP contribution is -2.62. The van der Waals surface area contributed by atoms with Crippen LogP contribution in [0.4, 0.5) is 0 Å². The van der Waals surface area contributed by atoms with Crippen molar-refractivity contribution in [1.82, 2.24) is 15.1 Å². The predicted molar refractivity (Wildman–Crippen MR) is 71.3 cm³/mol. The number of nitrogens with zero attached hydrogens (tertiary/aromatic N) is 2. The van der Waals surface area contributed by atoms with E-state index in [1.807, 2.05) is 0 Å². The summed E-state index contributed by atoms with van der Waals surface area (Å²) in [7, 11) is 2.26. The average molecular weight is 237 g/mol. The van der Waals surface area contributed by atoms with E-state index in [4.69, 9.17) is 0 Å². The summed E-state index contributed by atoms with van der Waals surface area (Å²) in [5, 5.41) is 3.75. The molecule has 3 aliphatic rings. The molecule has 2 aliphatic heterocycles. The van der Waals surface area contributed by atoms with E-state index in [0.717, 1.165) is 18.1 Å². The van der Waals surface area contributed by atoms with Gasteiger partial charge in [-0.15, -0.1) is 0 Å². The van der Waals surface area contributed by atoms with Crippen LogP contribution in [0.3, 0.4) is 0 Å². The number of hydrogen-bond donors (Lipinski definition) is 1. The Kier molecular flexibility index (Phi) is 3.69. The Morgan fingerprint density at radius 1 is 0.941 bits per heavy atom. The van der Waals surface area contributed by atoms with E-state index in [1.54, 1.807) is 0 Å². The molecule has 0 amide bonds. The fourth-order valence-corrected chi connectivity index (χ4v) is 4.07. The Balaban J connectivity index is 1.64. The molecule has 2 heterocycles. The van der Waals surface area contributed by atoms with Gasteiger partial charge in [-0.2, -0.15) is 0 Å². The van der Waals surface area contributed by atoms with Crippen LogP contribution in [0.25, 0.3) is 0 Å². The van der Waals surface area contributed by atoms with Crippen molar-refractivity contribution in [3.8, 4) is 0 Å². The van der Waals surface area contributed by atoms with E-state index in [9.17, 15) is 0 Å². The number of piperidine rings is 1. The van der Waals surface area contributed by atoms with Crippen molar-refractivity contribution in [3.63, 3.8) is 0 Å². The van der Waals surface area contributed by atoms with Gasteiger partial charge < -0.3 is 10.2 Å². The molecule has 1 N–H and O–H groups in total. The summed E-state index contributed by atoms with van der Waals surface area (Å²) >= 11 is 0. The third-order valence-corrected chi connectivity index (χ3v) is 5.09. The van der Waals surface area contributed by atoms with E-state index in [1.165, 1.54) is 64.7 Å². The number of hydrogen-bond acceptors (Lipinski definition) is 3. The fraction of sp³-hybridized carbons (Fsp3) is 1.00. The Labute approximate surface area is 106 Å². The molecule has 0 aromatic rings. The van der Waals surface area contributed by atoms with Crippen molar-refractivity contribution < 1.29 is 0 Å². The molecule has 1 aliphatic carbocycles. The smallest absolute Gasteiger partial charge is 0.0252 e. The molecule has 2 unspecified atom stereocenters. The zero-order valence-electron chi connectivity index (χ0n) is 11.2. The first-order valence-corrected chi connectivity index (χ1v) is 7.52. The maximum atomic E-state index is 3.75. The van der Waals surface area contributed by atoms with Gasteiger partial charge in [-0.25, -0.2) is 0 Å². The monoisotopic (exact) mass is 237 g/mol. The Bertz CT molecular complexity index is 246. The molecule has 3 fully saturated rings. The van der Waals surface area contributed by atoms with Gasteiger partial charge in [-0.05, 0) is 45.8 Å². The van der Waals surface area contributed by atoms with Gasteiger partial charge >= 0.3 is 0 Å². The van der Waals surface area contributed by atoms with E-state index in [0.29, 0.717) is 0 Å². The molecule has 2 saturated heterocycles. The molecule has 1 saturated carbocycles. The second kappa shape index (κ2) is 5.25. The minimum atomic E-state index is 0.803. The Hall–Kier alpha value is -0.120. The van der Waals surface area contributed by atoms with Crippen LogP contribution >= 0.6 is 0 Å². The van der Waals surface area contributed by atoms with Crippen LogP contribution in [0.5, 0.6) is 0 Å². The van der Waals surface area contributed by atoms with Crippen LogP contribution < -0.4 is 5.32 Å². The second-order valence-corrected chi connectivity index (χ2v) is 6.18. The van der Waals surface area contributed by atoms with E-state index in [2.05, 4.69) is 22.2 Å². The van der Waals surface area contributed by atoms with Crippen molar-refractivity contribution in [2.75, 3.05) is 33.2 Å². The first-order chi connectivity index (χ1) is 8.34. The third-order valence-electron chi connectivity index (χ3n) is 5.09. The number of piperazine rings is 1. The Morgan fingerprint density at radius 2 is 1.71 bits per heavy atom. The molecule has 3 nitrogen and oxygen atoms in total. The zero-order valence-corrected chi connectivity index (χ0v) is 11.2. The average Bonchev–Trinajstić information content (AvgIpc) is 2.39. The normalized spacial score (nSPS) is 37.9.